The second-order valence-corrected chi connectivity index (χ2v) is 7.93. The first-order chi connectivity index (χ1) is 13.5. The Labute approximate surface area is 166 Å². The van der Waals surface area contributed by atoms with Gasteiger partial charge in [-0.1, -0.05) is 20.3 Å². The summed E-state index contributed by atoms with van der Waals surface area (Å²) in [5.41, 5.74) is 6.89. The number of hydrogen-bond acceptors (Lipinski definition) is 6. The molecule has 0 saturated carbocycles. The van der Waals surface area contributed by atoms with Crippen LogP contribution in [-0.2, 0) is 6.54 Å². The molecule has 156 valence electrons. The number of fused-ring (bicyclic) bond motifs is 1. The van der Waals surface area contributed by atoms with E-state index in [1.807, 2.05) is 6.92 Å². The highest BCUT2D eigenvalue weighted by molar-refractivity contribution is 5.81. The van der Waals surface area contributed by atoms with E-state index in [9.17, 15) is 4.79 Å². The molecule has 2 aromatic heterocycles. The van der Waals surface area contributed by atoms with Crippen LogP contribution >= 0.6 is 0 Å². The van der Waals surface area contributed by atoms with Crippen molar-refractivity contribution in [3.63, 3.8) is 0 Å². The van der Waals surface area contributed by atoms with Crippen LogP contribution in [0.3, 0.4) is 0 Å². The van der Waals surface area contributed by atoms with Crippen LogP contribution in [0.25, 0.3) is 11.2 Å². The maximum absolute atomic E-state index is 12.4. The van der Waals surface area contributed by atoms with Crippen molar-refractivity contribution in [1.82, 2.24) is 24.4 Å². The highest BCUT2D eigenvalue weighted by Crippen LogP contribution is 2.22. The monoisotopic (exact) mass is 390 g/mol. The number of nitrogens with one attached hydrogen (secondary N) is 1. The quantitative estimate of drug-likeness (QED) is 0.683. The molecule has 2 unspecified atom stereocenters. The molecule has 0 aliphatic carbocycles. The van der Waals surface area contributed by atoms with Gasteiger partial charge in [0.25, 0.3) is 0 Å². The average molecular weight is 391 g/mol. The van der Waals surface area contributed by atoms with E-state index in [4.69, 9.17) is 10.5 Å². The molecule has 2 aromatic rings. The minimum Gasteiger partial charge on any atom is -0.460 e. The van der Waals surface area contributed by atoms with Gasteiger partial charge >= 0.3 is 11.7 Å². The lowest BCUT2D eigenvalue weighted by Gasteiger charge is -2.31. The summed E-state index contributed by atoms with van der Waals surface area (Å²) in [6.45, 7) is 10.4. The third-order valence-electron chi connectivity index (χ3n) is 5.68. The van der Waals surface area contributed by atoms with Crippen molar-refractivity contribution in [3.05, 3.63) is 10.5 Å². The summed E-state index contributed by atoms with van der Waals surface area (Å²) in [5.74, 6) is 0.966. The zero-order chi connectivity index (χ0) is 20.1. The lowest BCUT2D eigenvalue weighted by atomic mass is 9.93. The Kier molecular flexibility index (Phi) is 6.93. The first kappa shape index (κ1) is 20.6. The topological polar surface area (TPSA) is 102 Å². The molecule has 3 N–H and O–H groups in total. The van der Waals surface area contributed by atoms with Crippen LogP contribution in [0, 0.1) is 5.92 Å². The Morgan fingerprint density at radius 2 is 2.18 bits per heavy atom. The number of imidazole rings is 1. The van der Waals surface area contributed by atoms with Gasteiger partial charge in [-0.3, -0.25) is 4.57 Å². The van der Waals surface area contributed by atoms with Gasteiger partial charge in [-0.2, -0.15) is 9.97 Å². The summed E-state index contributed by atoms with van der Waals surface area (Å²) in [6, 6.07) is 0.240. The van der Waals surface area contributed by atoms with E-state index in [0.717, 1.165) is 32.2 Å². The third-order valence-corrected chi connectivity index (χ3v) is 5.68. The zero-order valence-electron chi connectivity index (χ0n) is 17.4. The predicted octanol–water partition coefficient (Wildman–Crippen LogP) is 2.78. The van der Waals surface area contributed by atoms with Crippen molar-refractivity contribution in [2.24, 2.45) is 5.92 Å². The van der Waals surface area contributed by atoms with E-state index in [2.05, 4.69) is 33.7 Å². The van der Waals surface area contributed by atoms with Gasteiger partial charge in [-0.25, -0.2) is 4.79 Å². The highest BCUT2D eigenvalue weighted by Gasteiger charge is 2.19. The van der Waals surface area contributed by atoms with Gasteiger partial charge in [-0.05, 0) is 58.0 Å². The van der Waals surface area contributed by atoms with Gasteiger partial charge in [0.2, 0.25) is 0 Å². The number of aryl methyl sites for hydroxylation is 1. The van der Waals surface area contributed by atoms with Gasteiger partial charge < -0.3 is 20.4 Å². The minimum atomic E-state index is -0.186. The van der Waals surface area contributed by atoms with Crippen molar-refractivity contribution in [2.45, 2.75) is 71.9 Å². The normalized spacial score (nSPS) is 19.2. The molecule has 0 amide bonds. The van der Waals surface area contributed by atoms with Crippen molar-refractivity contribution < 1.29 is 4.74 Å². The molecule has 3 rings (SSSR count). The zero-order valence-corrected chi connectivity index (χ0v) is 17.4. The number of H-pyrrole nitrogens is 1. The number of hydrogen-bond donors (Lipinski definition) is 2. The Morgan fingerprint density at radius 3 is 2.93 bits per heavy atom. The largest absolute Gasteiger partial charge is 0.460 e. The maximum Gasteiger partial charge on any atom is 0.327 e. The summed E-state index contributed by atoms with van der Waals surface area (Å²) in [5, 5.41) is 0. The van der Waals surface area contributed by atoms with E-state index >= 15 is 0 Å². The molecule has 0 spiro atoms. The molecule has 0 bridgehead atoms. The summed E-state index contributed by atoms with van der Waals surface area (Å²) in [7, 11) is 0. The van der Waals surface area contributed by atoms with Gasteiger partial charge in [0.15, 0.2) is 11.5 Å². The first-order valence-electron chi connectivity index (χ1n) is 10.7. The molecule has 1 saturated heterocycles. The molecule has 1 fully saturated rings. The molecule has 28 heavy (non-hydrogen) atoms. The van der Waals surface area contributed by atoms with Crippen molar-refractivity contribution in [3.8, 4) is 6.01 Å². The Morgan fingerprint density at radius 1 is 1.36 bits per heavy atom. The summed E-state index contributed by atoms with van der Waals surface area (Å²) >= 11 is 0. The van der Waals surface area contributed by atoms with E-state index in [-0.39, 0.29) is 23.6 Å². The van der Waals surface area contributed by atoms with Crippen LogP contribution in [0.4, 0.5) is 5.82 Å². The van der Waals surface area contributed by atoms with Crippen molar-refractivity contribution in [1.29, 1.82) is 0 Å². The molecule has 0 radical (unpaired) electrons. The highest BCUT2D eigenvalue weighted by atomic mass is 16.5. The second kappa shape index (κ2) is 9.41. The number of piperidine rings is 1. The summed E-state index contributed by atoms with van der Waals surface area (Å²) in [6.07, 6.45) is 6.55. The van der Waals surface area contributed by atoms with Crippen LogP contribution in [-0.4, -0.2) is 50.2 Å². The SMILES string of the molecule is CCCC(C)Oc1nc(N)c2[nH]c(=O)n(CCCC3CCCN(CC)C3)c2n1. The van der Waals surface area contributed by atoms with Crippen molar-refractivity contribution >= 4 is 17.0 Å². The van der Waals surface area contributed by atoms with Crippen LogP contribution < -0.4 is 16.2 Å². The lowest BCUT2D eigenvalue weighted by molar-refractivity contribution is 0.173. The van der Waals surface area contributed by atoms with Crippen LogP contribution in [0.2, 0.25) is 0 Å². The molecule has 8 nitrogen and oxygen atoms in total. The van der Waals surface area contributed by atoms with E-state index < -0.39 is 0 Å². The number of rotatable bonds is 9. The smallest absolute Gasteiger partial charge is 0.327 e. The van der Waals surface area contributed by atoms with E-state index in [1.165, 1.54) is 25.9 Å². The Bertz CT molecular complexity index is 830. The molecule has 3 heterocycles. The molecule has 2 atom stereocenters. The van der Waals surface area contributed by atoms with Gasteiger partial charge in [0.05, 0.1) is 6.10 Å². The molecule has 0 aromatic carbocycles. The number of likely N-dealkylation sites (tertiary alicyclic amines) is 1. The minimum absolute atomic E-state index is 0.00813. The summed E-state index contributed by atoms with van der Waals surface area (Å²) < 4.78 is 7.47. The van der Waals surface area contributed by atoms with Crippen LogP contribution in [0.15, 0.2) is 4.79 Å². The van der Waals surface area contributed by atoms with E-state index in [0.29, 0.717) is 23.6 Å². The number of aromatic nitrogens is 4. The van der Waals surface area contributed by atoms with Gasteiger partial charge in [0.1, 0.15) is 5.52 Å². The number of nitrogens with two attached hydrogens (primary N) is 1. The number of nitrogens with zero attached hydrogens (tertiary/aromatic N) is 4. The molecule has 1 aliphatic rings. The Balaban J connectivity index is 1.70. The van der Waals surface area contributed by atoms with Crippen molar-refractivity contribution in [2.75, 3.05) is 25.4 Å². The standard InChI is InChI=1S/C20H34N6O2/c1-4-8-14(3)28-19-23-17(21)16-18(24-19)26(20(27)22-16)12-7-10-15-9-6-11-25(5-2)13-15/h14-15H,4-13H2,1-3H3,(H,22,27)(H2,21,23,24). The number of anilines is 1. The molecular formula is C20H34N6O2. The third kappa shape index (κ3) is 4.84. The van der Waals surface area contributed by atoms with E-state index in [1.54, 1.807) is 4.57 Å². The van der Waals surface area contributed by atoms with Gasteiger partial charge in [0, 0.05) is 13.1 Å². The first-order valence-corrected chi connectivity index (χ1v) is 10.7. The summed E-state index contributed by atoms with van der Waals surface area (Å²) in [4.78, 5) is 26.4. The molecule has 1 aliphatic heterocycles. The fourth-order valence-corrected chi connectivity index (χ4v) is 4.15. The fourth-order valence-electron chi connectivity index (χ4n) is 4.15. The number of ether oxygens (including phenoxy) is 1. The van der Waals surface area contributed by atoms with Crippen LogP contribution in [0.1, 0.15) is 59.3 Å². The maximum atomic E-state index is 12.4. The number of aromatic amines is 1. The van der Waals surface area contributed by atoms with Gasteiger partial charge in [-0.15, -0.1) is 0 Å². The predicted molar refractivity (Wildman–Crippen MR) is 112 cm³/mol. The second-order valence-electron chi connectivity index (χ2n) is 7.93. The van der Waals surface area contributed by atoms with Crippen LogP contribution in [0.5, 0.6) is 6.01 Å². The average Bonchev–Trinajstić information content (AvgIpc) is 2.98. The lowest BCUT2D eigenvalue weighted by Crippen LogP contribution is -2.35. The molecular weight excluding hydrogens is 356 g/mol. The Hall–Kier alpha value is -2.09. The number of nitrogen functional groups attached to an aromatic ring is 1. The fraction of sp³-hybridized carbons (Fsp3) is 0.750. The molecule has 8 heteroatoms.